The van der Waals surface area contributed by atoms with Crippen molar-refractivity contribution in [3.8, 4) is 11.5 Å². The summed E-state index contributed by atoms with van der Waals surface area (Å²) < 4.78 is 0. The van der Waals surface area contributed by atoms with Crippen molar-refractivity contribution in [3.63, 3.8) is 0 Å². The molecule has 0 saturated carbocycles. The smallest absolute Gasteiger partial charge is 0.120 e. The molecular weight excluding hydrogens is 250 g/mol. The summed E-state index contributed by atoms with van der Waals surface area (Å²) in [6, 6.07) is 13.0. The van der Waals surface area contributed by atoms with E-state index < -0.39 is 0 Å². The lowest BCUT2D eigenvalue weighted by Gasteiger charge is -2.16. The molecule has 1 atom stereocenters. The SMILES string of the molecule is Cc1ccc(O)c(C(C)NCCc2ccc(O)cc2)c1. The van der Waals surface area contributed by atoms with Gasteiger partial charge in [-0.15, -0.1) is 0 Å². The molecule has 0 spiro atoms. The zero-order valence-electron chi connectivity index (χ0n) is 11.9. The van der Waals surface area contributed by atoms with Crippen LogP contribution in [0, 0.1) is 6.92 Å². The molecule has 0 aliphatic heterocycles. The Hall–Kier alpha value is -2.00. The first-order valence-electron chi connectivity index (χ1n) is 6.87. The van der Waals surface area contributed by atoms with Gasteiger partial charge in [-0.25, -0.2) is 0 Å². The second kappa shape index (κ2) is 6.44. The highest BCUT2D eigenvalue weighted by molar-refractivity contribution is 5.37. The number of rotatable bonds is 5. The molecule has 3 heteroatoms. The van der Waals surface area contributed by atoms with Crippen molar-refractivity contribution in [3.05, 3.63) is 59.2 Å². The Kier molecular flexibility index (Phi) is 4.64. The van der Waals surface area contributed by atoms with Crippen LogP contribution in [0.5, 0.6) is 11.5 Å². The van der Waals surface area contributed by atoms with Crippen LogP contribution in [-0.2, 0) is 6.42 Å². The van der Waals surface area contributed by atoms with Crippen LogP contribution in [-0.4, -0.2) is 16.8 Å². The third kappa shape index (κ3) is 3.75. The normalized spacial score (nSPS) is 12.3. The minimum absolute atomic E-state index is 0.104. The van der Waals surface area contributed by atoms with Gasteiger partial charge >= 0.3 is 0 Å². The third-order valence-corrected chi connectivity index (χ3v) is 3.45. The minimum atomic E-state index is 0.104. The van der Waals surface area contributed by atoms with Gasteiger partial charge in [0.2, 0.25) is 0 Å². The van der Waals surface area contributed by atoms with E-state index in [4.69, 9.17) is 0 Å². The van der Waals surface area contributed by atoms with Crippen LogP contribution in [0.15, 0.2) is 42.5 Å². The number of hydrogen-bond acceptors (Lipinski definition) is 3. The van der Waals surface area contributed by atoms with Crippen LogP contribution in [0.2, 0.25) is 0 Å². The van der Waals surface area contributed by atoms with Crippen molar-refractivity contribution in [1.29, 1.82) is 0 Å². The lowest BCUT2D eigenvalue weighted by molar-refractivity contribution is 0.453. The van der Waals surface area contributed by atoms with Gasteiger partial charge in [0.05, 0.1) is 0 Å². The predicted molar refractivity (Wildman–Crippen MR) is 81.1 cm³/mol. The van der Waals surface area contributed by atoms with E-state index in [1.807, 2.05) is 38.1 Å². The highest BCUT2D eigenvalue weighted by Crippen LogP contribution is 2.24. The summed E-state index contributed by atoms with van der Waals surface area (Å²) in [5, 5.41) is 22.5. The van der Waals surface area contributed by atoms with Crippen molar-refractivity contribution >= 4 is 0 Å². The van der Waals surface area contributed by atoms with Gasteiger partial charge in [0.25, 0.3) is 0 Å². The maximum Gasteiger partial charge on any atom is 0.120 e. The summed E-state index contributed by atoms with van der Waals surface area (Å²) >= 11 is 0. The molecule has 2 aromatic rings. The largest absolute Gasteiger partial charge is 0.508 e. The van der Waals surface area contributed by atoms with E-state index in [0.717, 1.165) is 24.1 Å². The summed E-state index contributed by atoms with van der Waals surface area (Å²) in [6.07, 6.45) is 0.886. The van der Waals surface area contributed by atoms with E-state index in [0.29, 0.717) is 11.5 Å². The first kappa shape index (κ1) is 14.4. The lowest BCUT2D eigenvalue weighted by atomic mass is 10.0. The molecule has 0 aliphatic rings. The lowest BCUT2D eigenvalue weighted by Crippen LogP contribution is -2.21. The molecule has 3 nitrogen and oxygen atoms in total. The number of aromatic hydroxyl groups is 2. The average molecular weight is 271 g/mol. The molecular formula is C17H21NO2. The third-order valence-electron chi connectivity index (χ3n) is 3.45. The maximum atomic E-state index is 9.88. The summed E-state index contributed by atoms with van der Waals surface area (Å²) in [7, 11) is 0. The van der Waals surface area contributed by atoms with E-state index >= 15 is 0 Å². The van der Waals surface area contributed by atoms with Crippen molar-refractivity contribution in [2.45, 2.75) is 26.3 Å². The molecule has 0 heterocycles. The van der Waals surface area contributed by atoms with Gasteiger partial charge in [-0.1, -0.05) is 29.8 Å². The number of benzene rings is 2. The van der Waals surface area contributed by atoms with Gasteiger partial charge < -0.3 is 15.5 Å². The zero-order chi connectivity index (χ0) is 14.5. The molecule has 20 heavy (non-hydrogen) atoms. The first-order valence-corrected chi connectivity index (χ1v) is 6.87. The molecule has 0 fully saturated rings. The summed E-state index contributed by atoms with van der Waals surface area (Å²) in [5.74, 6) is 0.625. The fraction of sp³-hybridized carbons (Fsp3) is 0.294. The maximum absolute atomic E-state index is 9.88. The topological polar surface area (TPSA) is 52.5 Å². The first-order chi connectivity index (χ1) is 9.56. The van der Waals surface area contributed by atoms with Gasteiger partial charge in [0.1, 0.15) is 11.5 Å². The van der Waals surface area contributed by atoms with E-state index in [-0.39, 0.29) is 6.04 Å². The number of phenols is 2. The van der Waals surface area contributed by atoms with Crippen LogP contribution in [0.1, 0.15) is 29.7 Å². The molecule has 2 rings (SSSR count). The molecule has 106 valence electrons. The molecule has 1 unspecified atom stereocenters. The fourth-order valence-corrected chi connectivity index (χ4v) is 2.23. The van der Waals surface area contributed by atoms with Crippen molar-refractivity contribution in [2.75, 3.05) is 6.54 Å². The minimum Gasteiger partial charge on any atom is -0.508 e. The van der Waals surface area contributed by atoms with Crippen LogP contribution in [0.25, 0.3) is 0 Å². The molecule has 0 radical (unpaired) electrons. The van der Waals surface area contributed by atoms with E-state index in [1.54, 1.807) is 18.2 Å². The number of phenolic OH excluding ortho intramolecular Hbond substituents is 2. The van der Waals surface area contributed by atoms with Crippen LogP contribution >= 0.6 is 0 Å². The predicted octanol–water partition coefficient (Wildman–Crippen LogP) is 3.30. The van der Waals surface area contributed by atoms with E-state index in [1.165, 1.54) is 5.56 Å². The molecule has 0 aromatic heterocycles. The second-order valence-corrected chi connectivity index (χ2v) is 5.15. The van der Waals surface area contributed by atoms with Crippen LogP contribution < -0.4 is 5.32 Å². The second-order valence-electron chi connectivity index (χ2n) is 5.15. The molecule has 0 amide bonds. The van der Waals surface area contributed by atoms with E-state index in [9.17, 15) is 10.2 Å². The summed E-state index contributed by atoms with van der Waals surface area (Å²) in [5.41, 5.74) is 3.25. The molecule has 3 N–H and O–H groups in total. The number of hydrogen-bond donors (Lipinski definition) is 3. The Morgan fingerprint density at radius 1 is 1.05 bits per heavy atom. The molecule has 0 saturated heterocycles. The molecule has 0 bridgehead atoms. The quantitative estimate of drug-likeness (QED) is 0.782. The fourth-order valence-electron chi connectivity index (χ4n) is 2.23. The van der Waals surface area contributed by atoms with E-state index in [2.05, 4.69) is 5.32 Å². The average Bonchev–Trinajstić information content (AvgIpc) is 2.43. The standard InChI is InChI=1S/C17H21NO2/c1-12-3-8-17(20)16(11-12)13(2)18-10-9-14-4-6-15(19)7-5-14/h3-8,11,13,18-20H,9-10H2,1-2H3. The Balaban J connectivity index is 1.90. The van der Waals surface area contributed by atoms with Gasteiger partial charge in [0, 0.05) is 11.6 Å². The van der Waals surface area contributed by atoms with Gasteiger partial charge in [-0.05, 0) is 50.6 Å². The number of nitrogens with one attached hydrogen (secondary N) is 1. The van der Waals surface area contributed by atoms with Gasteiger partial charge in [-0.3, -0.25) is 0 Å². The molecule has 0 aliphatic carbocycles. The Morgan fingerprint density at radius 2 is 1.75 bits per heavy atom. The van der Waals surface area contributed by atoms with Crippen LogP contribution in [0.4, 0.5) is 0 Å². The zero-order valence-corrected chi connectivity index (χ0v) is 11.9. The summed E-state index contributed by atoms with van der Waals surface area (Å²) in [6.45, 7) is 4.89. The highest BCUT2D eigenvalue weighted by Gasteiger charge is 2.09. The Morgan fingerprint density at radius 3 is 2.45 bits per heavy atom. The Bertz CT molecular complexity index is 564. The van der Waals surface area contributed by atoms with Crippen LogP contribution in [0.3, 0.4) is 0 Å². The monoisotopic (exact) mass is 271 g/mol. The molecule has 2 aromatic carbocycles. The summed E-state index contributed by atoms with van der Waals surface area (Å²) in [4.78, 5) is 0. The van der Waals surface area contributed by atoms with Gasteiger partial charge in [0.15, 0.2) is 0 Å². The number of aryl methyl sites for hydroxylation is 1. The van der Waals surface area contributed by atoms with Gasteiger partial charge in [-0.2, -0.15) is 0 Å². The van der Waals surface area contributed by atoms with Crippen molar-refractivity contribution in [2.24, 2.45) is 0 Å². The highest BCUT2D eigenvalue weighted by atomic mass is 16.3. The Labute approximate surface area is 119 Å². The van der Waals surface area contributed by atoms with Crippen molar-refractivity contribution < 1.29 is 10.2 Å². The van der Waals surface area contributed by atoms with Crippen molar-refractivity contribution in [1.82, 2.24) is 5.32 Å².